The van der Waals surface area contributed by atoms with Gasteiger partial charge in [-0.2, -0.15) is 0 Å². The van der Waals surface area contributed by atoms with Crippen molar-refractivity contribution in [3.63, 3.8) is 0 Å². The fraction of sp³-hybridized carbons (Fsp3) is 0.0909. The van der Waals surface area contributed by atoms with Gasteiger partial charge in [0.1, 0.15) is 0 Å². The van der Waals surface area contributed by atoms with Crippen LogP contribution >= 0.6 is 0 Å². The van der Waals surface area contributed by atoms with Gasteiger partial charge in [0.2, 0.25) is 0 Å². The van der Waals surface area contributed by atoms with Crippen molar-refractivity contribution < 1.29 is 0 Å². The van der Waals surface area contributed by atoms with E-state index in [4.69, 9.17) is 0 Å². The number of hydrogen-bond donors (Lipinski definition) is 0. The zero-order valence-electron chi connectivity index (χ0n) is 12.8. The minimum absolute atomic E-state index is 1.32. The molecule has 0 amide bonds. The average Bonchev–Trinajstić information content (AvgIpc) is 2.83. The standard InChI is InChI=1S/C22H16/c1-13-6-8-15-11-20-18-5-3-4-17-14(2)7-9-19(22(17)18)21(20)12-16(15)10-13/h3-12H,1-2H3. The van der Waals surface area contributed by atoms with Gasteiger partial charge in [0.25, 0.3) is 0 Å². The molecule has 0 fully saturated rings. The minimum Gasteiger partial charge on any atom is -0.0610 e. The summed E-state index contributed by atoms with van der Waals surface area (Å²) < 4.78 is 0. The molecule has 0 aliphatic heterocycles. The molecule has 1 aliphatic carbocycles. The SMILES string of the molecule is Cc1ccc2cc3c(cc2c1)-c1ccc(C)c2cccc-3c12. The molecule has 0 aromatic heterocycles. The monoisotopic (exact) mass is 280 g/mol. The van der Waals surface area contributed by atoms with Crippen molar-refractivity contribution in [2.24, 2.45) is 0 Å². The van der Waals surface area contributed by atoms with Crippen LogP contribution in [-0.4, -0.2) is 0 Å². The number of aryl methyl sites for hydroxylation is 2. The van der Waals surface area contributed by atoms with Crippen molar-refractivity contribution in [2.75, 3.05) is 0 Å². The summed E-state index contributed by atoms with van der Waals surface area (Å²) in [4.78, 5) is 0. The first kappa shape index (κ1) is 12.0. The molecule has 1 aliphatic rings. The van der Waals surface area contributed by atoms with Gasteiger partial charge < -0.3 is 0 Å². The molecule has 0 heteroatoms. The van der Waals surface area contributed by atoms with Gasteiger partial charge in [-0.25, -0.2) is 0 Å². The minimum atomic E-state index is 1.32. The van der Waals surface area contributed by atoms with Gasteiger partial charge >= 0.3 is 0 Å². The van der Waals surface area contributed by atoms with Gasteiger partial charge in [-0.05, 0) is 75.3 Å². The van der Waals surface area contributed by atoms with Crippen molar-refractivity contribution in [3.8, 4) is 22.3 Å². The first-order valence-electron chi connectivity index (χ1n) is 7.80. The summed E-state index contributed by atoms with van der Waals surface area (Å²) >= 11 is 0. The molecular weight excluding hydrogens is 264 g/mol. The second kappa shape index (κ2) is 3.98. The van der Waals surface area contributed by atoms with Gasteiger partial charge in [0, 0.05) is 0 Å². The summed E-state index contributed by atoms with van der Waals surface area (Å²) in [6, 6.07) is 22.7. The van der Waals surface area contributed by atoms with Crippen LogP contribution in [0.1, 0.15) is 11.1 Å². The molecule has 104 valence electrons. The van der Waals surface area contributed by atoms with Gasteiger partial charge in [-0.1, -0.05) is 54.1 Å². The third-order valence-corrected chi connectivity index (χ3v) is 4.97. The Hall–Kier alpha value is -2.60. The lowest BCUT2D eigenvalue weighted by atomic mass is 9.98. The average molecular weight is 280 g/mol. The lowest BCUT2D eigenvalue weighted by Crippen LogP contribution is -1.81. The molecule has 0 spiro atoms. The van der Waals surface area contributed by atoms with E-state index in [-0.39, 0.29) is 0 Å². The zero-order valence-corrected chi connectivity index (χ0v) is 12.8. The second-order valence-corrected chi connectivity index (χ2v) is 6.41. The van der Waals surface area contributed by atoms with Crippen LogP contribution < -0.4 is 0 Å². The third kappa shape index (κ3) is 1.42. The molecule has 0 saturated heterocycles. The molecule has 0 saturated carbocycles. The molecule has 0 atom stereocenters. The van der Waals surface area contributed by atoms with Crippen molar-refractivity contribution >= 4 is 21.5 Å². The Morgan fingerprint density at radius 3 is 2.23 bits per heavy atom. The highest BCUT2D eigenvalue weighted by molar-refractivity contribution is 6.17. The quantitative estimate of drug-likeness (QED) is 0.314. The Kier molecular flexibility index (Phi) is 2.17. The molecule has 0 bridgehead atoms. The van der Waals surface area contributed by atoms with Crippen molar-refractivity contribution in [1.29, 1.82) is 0 Å². The van der Waals surface area contributed by atoms with Gasteiger partial charge in [0.05, 0.1) is 0 Å². The van der Waals surface area contributed by atoms with Crippen LogP contribution in [0.4, 0.5) is 0 Å². The topological polar surface area (TPSA) is 0 Å². The summed E-state index contributed by atoms with van der Waals surface area (Å²) in [6.07, 6.45) is 0. The first-order valence-corrected chi connectivity index (χ1v) is 7.80. The van der Waals surface area contributed by atoms with Crippen molar-refractivity contribution in [1.82, 2.24) is 0 Å². The van der Waals surface area contributed by atoms with Crippen molar-refractivity contribution in [2.45, 2.75) is 13.8 Å². The molecule has 22 heavy (non-hydrogen) atoms. The van der Waals surface area contributed by atoms with Crippen LogP contribution in [0.25, 0.3) is 43.8 Å². The lowest BCUT2D eigenvalue weighted by Gasteiger charge is -2.06. The highest BCUT2D eigenvalue weighted by Gasteiger charge is 2.22. The van der Waals surface area contributed by atoms with Crippen LogP contribution in [0.3, 0.4) is 0 Å². The van der Waals surface area contributed by atoms with E-state index in [9.17, 15) is 0 Å². The highest BCUT2D eigenvalue weighted by Crippen LogP contribution is 2.49. The number of fused-ring (bicyclic) bond motifs is 4. The molecular formula is C22H16. The highest BCUT2D eigenvalue weighted by atomic mass is 14.2. The van der Waals surface area contributed by atoms with Crippen LogP contribution in [-0.2, 0) is 0 Å². The summed E-state index contributed by atoms with van der Waals surface area (Å²) in [5.41, 5.74) is 8.20. The molecule has 4 aromatic rings. The summed E-state index contributed by atoms with van der Waals surface area (Å²) in [5, 5.41) is 5.46. The van der Waals surface area contributed by atoms with Crippen LogP contribution in [0, 0.1) is 13.8 Å². The van der Waals surface area contributed by atoms with E-state index in [1.807, 2.05) is 0 Å². The zero-order chi connectivity index (χ0) is 14.8. The summed E-state index contributed by atoms with van der Waals surface area (Å²) in [5.74, 6) is 0. The van der Waals surface area contributed by atoms with Crippen LogP contribution in [0.2, 0.25) is 0 Å². The maximum Gasteiger partial charge on any atom is -0.00237 e. The number of rotatable bonds is 0. The normalized spacial score (nSPS) is 12.1. The fourth-order valence-corrected chi connectivity index (χ4v) is 3.86. The van der Waals surface area contributed by atoms with Crippen LogP contribution in [0.5, 0.6) is 0 Å². The Labute approximate surface area is 130 Å². The number of hydrogen-bond acceptors (Lipinski definition) is 0. The third-order valence-electron chi connectivity index (χ3n) is 4.97. The summed E-state index contributed by atoms with van der Waals surface area (Å²) in [7, 11) is 0. The second-order valence-electron chi connectivity index (χ2n) is 6.41. The van der Waals surface area contributed by atoms with Crippen LogP contribution in [0.15, 0.2) is 60.7 Å². The van der Waals surface area contributed by atoms with E-state index in [2.05, 4.69) is 74.5 Å². The van der Waals surface area contributed by atoms with Gasteiger partial charge in [0.15, 0.2) is 0 Å². The fourth-order valence-electron chi connectivity index (χ4n) is 3.86. The Bertz CT molecular complexity index is 1080. The maximum atomic E-state index is 2.36. The molecule has 0 unspecified atom stereocenters. The molecule has 0 radical (unpaired) electrons. The van der Waals surface area contributed by atoms with E-state index in [1.54, 1.807) is 0 Å². The molecule has 0 heterocycles. The number of benzene rings is 4. The smallest absolute Gasteiger partial charge is 0.00237 e. The predicted molar refractivity (Wildman–Crippen MR) is 95.4 cm³/mol. The predicted octanol–water partition coefficient (Wildman–Crippen LogP) is 6.26. The molecule has 0 N–H and O–H groups in total. The van der Waals surface area contributed by atoms with Crippen molar-refractivity contribution in [3.05, 3.63) is 71.8 Å². The van der Waals surface area contributed by atoms with Gasteiger partial charge in [-0.15, -0.1) is 0 Å². The van der Waals surface area contributed by atoms with Gasteiger partial charge in [-0.3, -0.25) is 0 Å². The van der Waals surface area contributed by atoms with E-state index >= 15 is 0 Å². The largest absolute Gasteiger partial charge is 0.0610 e. The molecule has 0 nitrogen and oxygen atoms in total. The molecule has 5 rings (SSSR count). The Morgan fingerprint density at radius 1 is 0.591 bits per heavy atom. The molecule has 4 aromatic carbocycles. The maximum absolute atomic E-state index is 2.36. The summed E-state index contributed by atoms with van der Waals surface area (Å²) in [6.45, 7) is 4.36. The Balaban J connectivity index is 1.98. The van der Waals surface area contributed by atoms with E-state index in [0.717, 1.165) is 0 Å². The lowest BCUT2D eigenvalue weighted by molar-refractivity contribution is 1.51. The Morgan fingerprint density at radius 2 is 1.36 bits per heavy atom. The van der Waals surface area contributed by atoms with E-state index in [1.165, 1.54) is 54.9 Å². The first-order chi connectivity index (χ1) is 10.7. The van der Waals surface area contributed by atoms with E-state index in [0.29, 0.717) is 0 Å². The van der Waals surface area contributed by atoms with E-state index < -0.39 is 0 Å².